The number of carbonyl (C=O) groups is 1. The van der Waals surface area contributed by atoms with Gasteiger partial charge in [-0.3, -0.25) is 9.78 Å². The molecule has 4 aromatic rings. The molecular weight excluding hydrogens is 506 g/mol. The summed E-state index contributed by atoms with van der Waals surface area (Å²) in [6.07, 6.45) is 1.67. The van der Waals surface area contributed by atoms with Crippen LogP contribution in [0.15, 0.2) is 72.2 Å². The Morgan fingerprint density at radius 3 is 2.55 bits per heavy atom. The van der Waals surface area contributed by atoms with Gasteiger partial charge in [0.05, 0.1) is 30.0 Å². The number of nitrogens with one attached hydrogen (secondary N) is 2. The van der Waals surface area contributed by atoms with E-state index in [-0.39, 0.29) is 25.3 Å². The second-order valence-electron chi connectivity index (χ2n) is 9.06. The molecule has 2 heterocycles. The molecule has 6 nitrogen and oxygen atoms in total. The highest BCUT2D eigenvalue weighted by molar-refractivity contribution is 7.13. The number of hydrogen-bond acceptors (Lipinski definition) is 6. The van der Waals surface area contributed by atoms with Crippen LogP contribution in [0.3, 0.4) is 0 Å². The molecule has 2 aromatic carbocycles. The van der Waals surface area contributed by atoms with Crippen LogP contribution in [-0.4, -0.2) is 39.7 Å². The third-order valence-corrected chi connectivity index (χ3v) is 6.96. The van der Waals surface area contributed by atoms with E-state index in [2.05, 4.69) is 39.7 Å². The van der Waals surface area contributed by atoms with E-state index in [1.54, 1.807) is 11.6 Å². The number of rotatable bonds is 12. The van der Waals surface area contributed by atoms with Crippen molar-refractivity contribution in [1.29, 1.82) is 0 Å². The molecule has 0 saturated carbocycles. The summed E-state index contributed by atoms with van der Waals surface area (Å²) in [4.78, 5) is 21.7. The Kier molecular flexibility index (Phi) is 9.64. The van der Waals surface area contributed by atoms with Gasteiger partial charge in [0.2, 0.25) is 5.91 Å². The molecule has 2 atom stereocenters. The van der Waals surface area contributed by atoms with E-state index in [4.69, 9.17) is 0 Å². The number of amides is 1. The van der Waals surface area contributed by atoms with Crippen molar-refractivity contribution >= 4 is 17.2 Å². The molecule has 198 valence electrons. The van der Waals surface area contributed by atoms with E-state index >= 15 is 0 Å². The van der Waals surface area contributed by atoms with Gasteiger partial charge in [-0.15, -0.1) is 11.3 Å². The molecule has 0 aliphatic carbocycles. The van der Waals surface area contributed by atoms with Crippen LogP contribution in [0, 0.1) is 11.6 Å². The van der Waals surface area contributed by atoms with Crippen LogP contribution in [0.1, 0.15) is 29.3 Å². The Bertz CT molecular complexity index is 1330. The van der Waals surface area contributed by atoms with Crippen molar-refractivity contribution in [1.82, 2.24) is 20.6 Å². The van der Waals surface area contributed by atoms with Gasteiger partial charge in [-0.2, -0.15) is 0 Å². The molecule has 0 unspecified atom stereocenters. The zero-order chi connectivity index (χ0) is 26.9. The van der Waals surface area contributed by atoms with E-state index < -0.39 is 23.8 Å². The van der Waals surface area contributed by atoms with E-state index in [0.717, 1.165) is 23.7 Å². The molecule has 0 saturated heterocycles. The van der Waals surface area contributed by atoms with Crippen molar-refractivity contribution in [3.63, 3.8) is 0 Å². The molecule has 0 aliphatic rings. The zero-order valence-electron chi connectivity index (χ0n) is 21.0. The Morgan fingerprint density at radius 2 is 1.82 bits per heavy atom. The first-order valence-electron chi connectivity index (χ1n) is 12.5. The molecule has 0 spiro atoms. The van der Waals surface area contributed by atoms with Gasteiger partial charge in [-0.25, -0.2) is 13.8 Å². The number of aliphatic hydroxyl groups excluding tert-OH is 1. The number of thiazole rings is 1. The van der Waals surface area contributed by atoms with Crippen LogP contribution in [0.25, 0.3) is 10.7 Å². The van der Waals surface area contributed by atoms with Crippen molar-refractivity contribution in [3.8, 4) is 10.7 Å². The fourth-order valence-corrected chi connectivity index (χ4v) is 4.94. The van der Waals surface area contributed by atoms with Gasteiger partial charge in [-0.05, 0) is 53.8 Å². The average Bonchev–Trinajstić information content (AvgIpc) is 3.36. The molecule has 3 N–H and O–H groups in total. The molecular formula is C29H30F2N4O2S. The lowest BCUT2D eigenvalue weighted by molar-refractivity contribution is -0.122. The predicted molar refractivity (Wildman–Crippen MR) is 145 cm³/mol. The van der Waals surface area contributed by atoms with Gasteiger partial charge in [0.1, 0.15) is 16.6 Å². The summed E-state index contributed by atoms with van der Waals surface area (Å²) in [6.45, 7) is 2.80. The zero-order valence-corrected chi connectivity index (χ0v) is 21.8. The van der Waals surface area contributed by atoms with E-state index in [0.29, 0.717) is 22.8 Å². The number of aliphatic hydroxyl groups is 1. The Balaban J connectivity index is 1.41. The molecule has 2 aromatic heterocycles. The SMILES string of the molecule is CCc1cccc(CNC[C@H](O)[C@H](Cc2cc(F)cc(F)c2)NC(=O)Cc2csc(-c3ccccn3)n2)c1. The Morgan fingerprint density at radius 1 is 1.03 bits per heavy atom. The third kappa shape index (κ3) is 7.98. The molecule has 0 fully saturated rings. The molecule has 0 bridgehead atoms. The summed E-state index contributed by atoms with van der Waals surface area (Å²) in [5.41, 5.74) is 3.94. The summed E-state index contributed by atoms with van der Waals surface area (Å²) < 4.78 is 27.6. The van der Waals surface area contributed by atoms with Gasteiger partial charge in [0, 0.05) is 30.7 Å². The summed E-state index contributed by atoms with van der Waals surface area (Å²) in [5.74, 6) is -1.77. The lowest BCUT2D eigenvalue weighted by Gasteiger charge is -2.25. The van der Waals surface area contributed by atoms with Crippen molar-refractivity contribution in [2.45, 2.75) is 44.9 Å². The monoisotopic (exact) mass is 536 g/mol. The molecule has 4 rings (SSSR count). The summed E-state index contributed by atoms with van der Waals surface area (Å²) in [6, 6.07) is 16.1. The highest BCUT2D eigenvalue weighted by atomic mass is 32.1. The maximum absolute atomic E-state index is 13.8. The van der Waals surface area contributed by atoms with Gasteiger partial charge in [0.25, 0.3) is 0 Å². The fourth-order valence-electron chi connectivity index (χ4n) is 4.15. The Labute approximate surface area is 224 Å². The van der Waals surface area contributed by atoms with E-state index in [9.17, 15) is 18.7 Å². The number of halogens is 2. The van der Waals surface area contributed by atoms with Gasteiger partial charge >= 0.3 is 0 Å². The van der Waals surface area contributed by atoms with Crippen molar-refractivity contribution < 1.29 is 18.7 Å². The Hall–Kier alpha value is -3.53. The predicted octanol–water partition coefficient (Wildman–Crippen LogP) is 4.47. The second kappa shape index (κ2) is 13.3. The first-order valence-corrected chi connectivity index (χ1v) is 13.3. The van der Waals surface area contributed by atoms with E-state index in [1.165, 1.54) is 29.0 Å². The number of aromatic nitrogens is 2. The lowest BCUT2D eigenvalue weighted by atomic mass is 10.00. The minimum atomic E-state index is -1.00. The number of carbonyl (C=O) groups excluding carboxylic acids is 1. The summed E-state index contributed by atoms with van der Waals surface area (Å²) in [7, 11) is 0. The van der Waals surface area contributed by atoms with Crippen molar-refractivity contribution in [2.75, 3.05) is 6.54 Å². The smallest absolute Gasteiger partial charge is 0.226 e. The molecule has 0 radical (unpaired) electrons. The minimum Gasteiger partial charge on any atom is -0.390 e. The third-order valence-electron chi connectivity index (χ3n) is 6.05. The number of pyridine rings is 1. The fraction of sp³-hybridized carbons (Fsp3) is 0.276. The number of nitrogens with zero attached hydrogens (tertiary/aromatic N) is 2. The van der Waals surface area contributed by atoms with Crippen LogP contribution < -0.4 is 10.6 Å². The molecule has 9 heteroatoms. The normalized spacial score (nSPS) is 12.7. The number of benzene rings is 2. The average molecular weight is 537 g/mol. The maximum Gasteiger partial charge on any atom is 0.226 e. The van der Waals surface area contributed by atoms with Crippen LogP contribution in [0.2, 0.25) is 0 Å². The van der Waals surface area contributed by atoms with Gasteiger partial charge in [-0.1, -0.05) is 37.3 Å². The molecule has 38 heavy (non-hydrogen) atoms. The van der Waals surface area contributed by atoms with Crippen LogP contribution >= 0.6 is 11.3 Å². The van der Waals surface area contributed by atoms with Crippen LogP contribution in [0.5, 0.6) is 0 Å². The van der Waals surface area contributed by atoms with Crippen LogP contribution in [0.4, 0.5) is 8.78 Å². The van der Waals surface area contributed by atoms with Crippen LogP contribution in [-0.2, 0) is 30.6 Å². The van der Waals surface area contributed by atoms with Crippen molar-refractivity contribution in [2.24, 2.45) is 0 Å². The number of hydrogen-bond donors (Lipinski definition) is 3. The summed E-state index contributed by atoms with van der Waals surface area (Å²) in [5, 5.41) is 19.5. The highest BCUT2D eigenvalue weighted by Gasteiger charge is 2.23. The first kappa shape index (κ1) is 27.5. The van der Waals surface area contributed by atoms with Crippen molar-refractivity contribution in [3.05, 3.63) is 106 Å². The molecule has 0 aliphatic heterocycles. The largest absolute Gasteiger partial charge is 0.390 e. The van der Waals surface area contributed by atoms with Gasteiger partial charge < -0.3 is 15.7 Å². The lowest BCUT2D eigenvalue weighted by Crippen LogP contribution is -2.49. The summed E-state index contributed by atoms with van der Waals surface area (Å²) >= 11 is 1.39. The quantitative estimate of drug-likeness (QED) is 0.249. The maximum atomic E-state index is 13.8. The first-order chi connectivity index (χ1) is 18.4. The highest BCUT2D eigenvalue weighted by Crippen LogP contribution is 2.21. The standard InChI is InChI=1S/C29H30F2N4O2S/c1-2-19-6-5-7-20(10-19)16-32-17-27(36)26(13-21-11-22(30)14-23(31)12-21)35-28(37)15-24-18-38-29(34-24)25-8-3-4-9-33-25/h3-12,14,18,26-27,32,36H,2,13,15-17H2,1H3,(H,35,37)/t26-,27-/m0/s1. The van der Waals surface area contributed by atoms with Gasteiger partial charge in [0.15, 0.2) is 0 Å². The topological polar surface area (TPSA) is 87.1 Å². The van der Waals surface area contributed by atoms with E-state index in [1.807, 2.05) is 30.3 Å². The second-order valence-corrected chi connectivity index (χ2v) is 9.92. The minimum absolute atomic E-state index is 0.00129. The molecule has 1 amide bonds. The number of aryl methyl sites for hydroxylation is 1.